The Labute approximate surface area is 155 Å². The Balaban J connectivity index is 0.000000206. The maximum Gasteiger partial charge on any atom is 0.165 e. The number of likely N-dealkylation sites (tertiary alicyclic amines) is 1. The normalized spacial score (nSPS) is 15.8. The molecule has 1 saturated heterocycles. The Kier molecular flexibility index (Phi) is 8.17. The monoisotopic (exact) mass is 357 g/mol. The lowest BCUT2D eigenvalue weighted by atomic mass is 10.1. The first-order valence-electron chi connectivity index (χ1n) is 9.11. The molecule has 0 unspecified atom stereocenters. The second kappa shape index (κ2) is 10.6. The SMILES string of the molecule is CC#C/C(=C/C)OCCN1CCC(F)CC1.Cc1cc2cccnc2[nH]1. The molecule has 0 aromatic carbocycles. The van der Waals surface area contributed by atoms with Crippen molar-refractivity contribution in [1.29, 1.82) is 0 Å². The minimum atomic E-state index is -0.603. The quantitative estimate of drug-likeness (QED) is 0.657. The molecule has 1 aliphatic rings. The highest BCUT2D eigenvalue weighted by molar-refractivity contribution is 5.75. The number of allylic oxidation sites excluding steroid dienone is 2. The summed E-state index contributed by atoms with van der Waals surface area (Å²) < 4.78 is 18.4. The van der Waals surface area contributed by atoms with Gasteiger partial charge in [-0.05, 0) is 63.8 Å². The van der Waals surface area contributed by atoms with Gasteiger partial charge in [0.2, 0.25) is 0 Å². The number of fused-ring (bicyclic) bond motifs is 1. The van der Waals surface area contributed by atoms with Crippen molar-refractivity contribution in [3.05, 3.63) is 41.9 Å². The van der Waals surface area contributed by atoms with Crippen LogP contribution in [0.3, 0.4) is 0 Å². The van der Waals surface area contributed by atoms with E-state index in [0.717, 1.165) is 36.7 Å². The Morgan fingerprint density at radius 2 is 2.23 bits per heavy atom. The third-order valence-electron chi connectivity index (χ3n) is 4.22. The van der Waals surface area contributed by atoms with Crippen molar-refractivity contribution in [2.75, 3.05) is 26.2 Å². The van der Waals surface area contributed by atoms with Crippen molar-refractivity contribution >= 4 is 11.0 Å². The van der Waals surface area contributed by atoms with Crippen LogP contribution in [0.2, 0.25) is 0 Å². The number of ether oxygens (including phenoxy) is 1. The molecule has 0 spiro atoms. The Bertz CT molecular complexity index is 731. The highest BCUT2D eigenvalue weighted by atomic mass is 19.1. The van der Waals surface area contributed by atoms with Gasteiger partial charge in [0, 0.05) is 36.9 Å². The molecular weight excluding hydrogens is 329 g/mol. The van der Waals surface area contributed by atoms with Crippen molar-refractivity contribution in [2.24, 2.45) is 0 Å². The highest BCUT2D eigenvalue weighted by Gasteiger charge is 2.17. The molecule has 0 aliphatic carbocycles. The number of hydrogen-bond acceptors (Lipinski definition) is 3. The summed E-state index contributed by atoms with van der Waals surface area (Å²) in [6, 6.07) is 6.07. The van der Waals surface area contributed by atoms with Crippen LogP contribution in [0, 0.1) is 18.8 Å². The molecule has 3 heterocycles. The van der Waals surface area contributed by atoms with Gasteiger partial charge < -0.3 is 9.72 Å². The molecular formula is C21H28FN3O. The molecule has 0 radical (unpaired) electrons. The number of aromatic nitrogens is 2. The lowest BCUT2D eigenvalue weighted by molar-refractivity contribution is 0.116. The third kappa shape index (κ3) is 6.53. The third-order valence-corrected chi connectivity index (χ3v) is 4.22. The number of aryl methyl sites for hydroxylation is 1. The van der Waals surface area contributed by atoms with E-state index in [9.17, 15) is 4.39 Å². The van der Waals surface area contributed by atoms with Crippen LogP contribution in [0.4, 0.5) is 4.39 Å². The Morgan fingerprint density at radius 3 is 2.88 bits per heavy atom. The highest BCUT2D eigenvalue weighted by Crippen LogP contribution is 2.13. The van der Waals surface area contributed by atoms with Crippen molar-refractivity contribution in [1.82, 2.24) is 14.9 Å². The number of alkyl halides is 1. The molecule has 0 bridgehead atoms. The van der Waals surface area contributed by atoms with Gasteiger partial charge in [-0.25, -0.2) is 9.37 Å². The van der Waals surface area contributed by atoms with Crippen LogP contribution in [0.5, 0.6) is 0 Å². The van der Waals surface area contributed by atoms with E-state index in [-0.39, 0.29) is 0 Å². The van der Waals surface area contributed by atoms with Crippen LogP contribution in [0.25, 0.3) is 11.0 Å². The van der Waals surface area contributed by atoms with Gasteiger partial charge >= 0.3 is 0 Å². The van der Waals surface area contributed by atoms with Crippen LogP contribution >= 0.6 is 0 Å². The predicted molar refractivity (Wildman–Crippen MR) is 105 cm³/mol. The van der Waals surface area contributed by atoms with E-state index in [4.69, 9.17) is 4.74 Å². The predicted octanol–water partition coefficient (Wildman–Crippen LogP) is 4.24. The fourth-order valence-electron chi connectivity index (χ4n) is 2.82. The van der Waals surface area contributed by atoms with E-state index >= 15 is 0 Å². The number of nitrogens with zero attached hydrogens (tertiary/aromatic N) is 2. The molecule has 140 valence electrons. The largest absolute Gasteiger partial charge is 0.484 e. The fourth-order valence-corrected chi connectivity index (χ4v) is 2.82. The van der Waals surface area contributed by atoms with Crippen molar-refractivity contribution in [3.8, 4) is 11.8 Å². The summed E-state index contributed by atoms with van der Waals surface area (Å²) in [5, 5.41) is 1.18. The van der Waals surface area contributed by atoms with Crippen LogP contribution in [0.15, 0.2) is 36.2 Å². The lowest BCUT2D eigenvalue weighted by Gasteiger charge is -2.28. The number of halogens is 1. The molecule has 0 saturated carbocycles. The minimum absolute atomic E-state index is 0.603. The van der Waals surface area contributed by atoms with Crippen LogP contribution < -0.4 is 0 Å². The molecule has 4 nitrogen and oxygen atoms in total. The second-order valence-corrected chi connectivity index (χ2v) is 6.29. The molecule has 1 fully saturated rings. The van der Waals surface area contributed by atoms with E-state index in [1.165, 1.54) is 5.39 Å². The number of H-pyrrole nitrogens is 1. The molecule has 0 atom stereocenters. The zero-order chi connectivity index (χ0) is 18.8. The Morgan fingerprint density at radius 1 is 1.46 bits per heavy atom. The van der Waals surface area contributed by atoms with Gasteiger partial charge in [0.1, 0.15) is 18.4 Å². The van der Waals surface area contributed by atoms with Gasteiger partial charge in [-0.3, -0.25) is 4.90 Å². The number of pyridine rings is 1. The minimum Gasteiger partial charge on any atom is -0.484 e. The van der Waals surface area contributed by atoms with Crippen molar-refractivity contribution < 1.29 is 9.13 Å². The number of nitrogens with one attached hydrogen (secondary N) is 1. The lowest BCUT2D eigenvalue weighted by Crippen LogP contribution is -2.36. The van der Waals surface area contributed by atoms with Gasteiger partial charge in [-0.2, -0.15) is 0 Å². The average molecular weight is 357 g/mol. The molecule has 1 N–H and O–H groups in total. The molecule has 2 aromatic rings. The molecule has 1 aliphatic heterocycles. The molecule has 3 rings (SSSR count). The Hall–Kier alpha value is -2.32. The summed E-state index contributed by atoms with van der Waals surface area (Å²) in [5.74, 6) is 6.42. The maximum absolute atomic E-state index is 12.9. The van der Waals surface area contributed by atoms with Gasteiger partial charge in [0.25, 0.3) is 0 Å². The van der Waals surface area contributed by atoms with Gasteiger partial charge in [-0.1, -0.05) is 5.92 Å². The summed E-state index contributed by atoms with van der Waals surface area (Å²) in [6.45, 7) is 8.90. The summed E-state index contributed by atoms with van der Waals surface area (Å²) >= 11 is 0. The van der Waals surface area contributed by atoms with Crippen LogP contribution in [-0.2, 0) is 4.74 Å². The molecule has 2 aromatic heterocycles. The van der Waals surface area contributed by atoms with Crippen LogP contribution in [-0.4, -0.2) is 47.3 Å². The zero-order valence-electron chi connectivity index (χ0n) is 15.9. The first-order chi connectivity index (χ1) is 12.6. The number of aromatic amines is 1. The van der Waals surface area contributed by atoms with E-state index in [1.807, 2.05) is 32.1 Å². The van der Waals surface area contributed by atoms with Crippen molar-refractivity contribution in [2.45, 2.75) is 39.8 Å². The smallest absolute Gasteiger partial charge is 0.165 e. The molecule has 0 amide bonds. The number of rotatable bonds is 4. The summed E-state index contributed by atoms with van der Waals surface area (Å²) in [6.07, 6.45) is 4.37. The summed E-state index contributed by atoms with van der Waals surface area (Å²) in [5.41, 5.74) is 2.13. The first kappa shape index (κ1) is 20.0. The summed E-state index contributed by atoms with van der Waals surface area (Å²) in [7, 11) is 0. The number of hydrogen-bond donors (Lipinski definition) is 1. The van der Waals surface area contributed by atoms with Gasteiger partial charge in [0.05, 0.1) is 0 Å². The van der Waals surface area contributed by atoms with E-state index in [1.54, 1.807) is 13.1 Å². The topological polar surface area (TPSA) is 41.1 Å². The van der Waals surface area contributed by atoms with Gasteiger partial charge in [0.15, 0.2) is 5.76 Å². The van der Waals surface area contributed by atoms with E-state index < -0.39 is 6.17 Å². The van der Waals surface area contributed by atoms with E-state index in [0.29, 0.717) is 19.4 Å². The average Bonchev–Trinajstić information content (AvgIpc) is 3.03. The molecule has 26 heavy (non-hydrogen) atoms. The summed E-state index contributed by atoms with van der Waals surface area (Å²) in [4.78, 5) is 9.53. The second-order valence-electron chi connectivity index (χ2n) is 6.29. The standard InChI is InChI=1S/C13H20FNO.C8H8N2/c1-3-5-13(4-2)16-11-10-15-8-6-12(14)7-9-15;1-6-5-7-3-2-4-9-8(7)10-6/h4,12H,6-11H2,1-2H3;2-5H,1H3,(H,9,10)/b13-4-;. The van der Waals surface area contributed by atoms with Gasteiger partial charge in [-0.15, -0.1) is 0 Å². The van der Waals surface area contributed by atoms with E-state index in [2.05, 4.69) is 32.8 Å². The molecule has 5 heteroatoms. The fraction of sp³-hybridized carbons (Fsp3) is 0.476. The zero-order valence-corrected chi connectivity index (χ0v) is 15.9. The van der Waals surface area contributed by atoms with Crippen molar-refractivity contribution in [3.63, 3.8) is 0 Å². The maximum atomic E-state index is 12.9. The number of piperidine rings is 1. The van der Waals surface area contributed by atoms with Crippen LogP contribution in [0.1, 0.15) is 32.4 Å². The first-order valence-corrected chi connectivity index (χ1v) is 9.11.